The molecule has 0 fully saturated rings. The molecule has 1 aromatic heterocycles. The molecule has 8 heteroatoms. The molecule has 0 bridgehead atoms. The van der Waals surface area contributed by atoms with Crippen LogP contribution in [0.25, 0.3) is 0 Å². The topological polar surface area (TPSA) is 85.3 Å². The summed E-state index contributed by atoms with van der Waals surface area (Å²) in [6, 6.07) is 8.17. The summed E-state index contributed by atoms with van der Waals surface area (Å²) in [5.41, 5.74) is 0.759. The van der Waals surface area contributed by atoms with Crippen molar-refractivity contribution in [2.75, 3.05) is 33.5 Å². The molecule has 1 aliphatic rings. The molecule has 0 radical (unpaired) electrons. The maximum absolute atomic E-state index is 13.3. The molecule has 7 nitrogen and oxygen atoms in total. The molecule has 0 saturated heterocycles. The summed E-state index contributed by atoms with van der Waals surface area (Å²) >= 11 is 1.28. The SMILES string of the molecule is CCOc1cc(C2C(C(=O)c3cccs3)=C(O)C(=O)N2CCCOC)ccc1OCCC(C)C. The zero-order chi connectivity index (χ0) is 24.7. The monoisotopic (exact) mass is 487 g/mol. The van der Waals surface area contributed by atoms with E-state index >= 15 is 0 Å². The number of nitrogens with zero attached hydrogens (tertiary/aromatic N) is 1. The third-order valence-corrected chi connectivity index (χ3v) is 6.45. The van der Waals surface area contributed by atoms with Crippen LogP contribution in [0.4, 0.5) is 0 Å². The average Bonchev–Trinajstić information content (AvgIpc) is 3.43. The number of carbonyl (C=O) groups excluding carboxylic acids is 2. The lowest BCUT2D eigenvalue weighted by Crippen LogP contribution is -2.32. The van der Waals surface area contributed by atoms with Crippen LogP contribution in [0, 0.1) is 5.92 Å². The van der Waals surface area contributed by atoms with E-state index in [1.54, 1.807) is 36.8 Å². The van der Waals surface area contributed by atoms with E-state index in [4.69, 9.17) is 14.2 Å². The van der Waals surface area contributed by atoms with Crippen LogP contribution in [-0.2, 0) is 9.53 Å². The van der Waals surface area contributed by atoms with Crippen molar-refractivity contribution < 1.29 is 28.9 Å². The van der Waals surface area contributed by atoms with Gasteiger partial charge in [-0.1, -0.05) is 26.0 Å². The van der Waals surface area contributed by atoms with Gasteiger partial charge in [-0.3, -0.25) is 9.59 Å². The minimum atomic E-state index is -0.733. The van der Waals surface area contributed by atoms with Crippen molar-refractivity contribution in [3.63, 3.8) is 0 Å². The second kappa shape index (κ2) is 12.0. The lowest BCUT2D eigenvalue weighted by Gasteiger charge is -2.27. The minimum Gasteiger partial charge on any atom is -0.503 e. The van der Waals surface area contributed by atoms with Gasteiger partial charge in [-0.05, 0) is 54.8 Å². The number of hydrogen-bond donors (Lipinski definition) is 1. The molecule has 1 atom stereocenters. The zero-order valence-corrected chi connectivity index (χ0v) is 21.0. The summed E-state index contributed by atoms with van der Waals surface area (Å²) in [5, 5.41) is 12.6. The predicted molar refractivity (Wildman–Crippen MR) is 132 cm³/mol. The highest BCUT2D eigenvalue weighted by Crippen LogP contribution is 2.42. The molecule has 3 rings (SSSR count). The number of ketones is 1. The molecule has 1 aliphatic heterocycles. The van der Waals surface area contributed by atoms with Crippen molar-refractivity contribution in [1.82, 2.24) is 4.90 Å². The fourth-order valence-electron chi connectivity index (χ4n) is 3.87. The Bertz CT molecular complexity index is 1010. The number of thiophene rings is 1. The Balaban J connectivity index is 2.00. The van der Waals surface area contributed by atoms with Gasteiger partial charge in [0.2, 0.25) is 5.78 Å². The van der Waals surface area contributed by atoms with Gasteiger partial charge in [0.25, 0.3) is 5.91 Å². The number of carbonyl (C=O) groups is 2. The van der Waals surface area contributed by atoms with Crippen molar-refractivity contribution in [3.05, 3.63) is 57.5 Å². The van der Waals surface area contributed by atoms with E-state index in [0.717, 1.165) is 6.42 Å². The summed E-state index contributed by atoms with van der Waals surface area (Å²) in [6.45, 7) is 7.94. The number of aliphatic hydroxyl groups excluding tert-OH is 1. The van der Waals surface area contributed by atoms with Crippen LogP contribution in [0.5, 0.6) is 11.5 Å². The van der Waals surface area contributed by atoms with E-state index in [9.17, 15) is 14.7 Å². The van der Waals surface area contributed by atoms with Crippen LogP contribution in [0.3, 0.4) is 0 Å². The van der Waals surface area contributed by atoms with E-state index in [0.29, 0.717) is 60.6 Å². The second-order valence-electron chi connectivity index (χ2n) is 8.49. The van der Waals surface area contributed by atoms with Gasteiger partial charge in [0.05, 0.1) is 29.7 Å². The normalized spacial score (nSPS) is 16.0. The summed E-state index contributed by atoms with van der Waals surface area (Å²) in [4.78, 5) is 28.4. The van der Waals surface area contributed by atoms with E-state index in [1.165, 1.54) is 16.2 Å². The van der Waals surface area contributed by atoms with Crippen molar-refractivity contribution >= 4 is 23.0 Å². The van der Waals surface area contributed by atoms with E-state index in [1.807, 2.05) is 13.0 Å². The number of aliphatic hydroxyl groups is 1. The van der Waals surface area contributed by atoms with Gasteiger partial charge < -0.3 is 24.2 Å². The van der Waals surface area contributed by atoms with Crippen molar-refractivity contribution in [2.45, 2.75) is 39.7 Å². The standard InChI is InChI=1S/C26H33NO6S/c1-5-32-20-16-18(9-10-19(20)33-14-11-17(2)3)23-22(24(28)21-8-6-15-34-21)25(29)26(30)27(23)12-7-13-31-4/h6,8-10,15-17,23,29H,5,7,11-14H2,1-4H3. The van der Waals surface area contributed by atoms with Crippen LogP contribution < -0.4 is 9.47 Å². The Kier molecular flexibility index (Phi) is 9.12. The number of benzene rings is 1. The Hall–Kier alpha value is -2.84. The molecule has 1 N–H and O–H groups in total. The van der Waals surface area contributed by atoms with Gasteiger partial charge in [0, 0.05) is 20.3 Å². The number of Topliss-reactive ketones (excluding diaryl/α,β-unsaturated/α-hetero) is 1. The Labute approximate surface area is 204 Å². The van der Waals surface area contributed by atoms with E-state index < -0.39 is 17.7 Å². The molecule has 2 heterocycles. The molecule has 2 aromatic rings. The number of methoxy groups -OCH3 is 1. The van der Waals surface area contributed by atoms with Crippen LogP contribution in [0.15, 0.2) is 47.0 Å². The number of amides is 1. The third kappa shape index (κ3) is 5.80. The first-order valence-electron chi connectivity index (χ1n) is 11.6. The van der Waals surface area contributed by atoms with Crippen LogP contribution in [0.1, 0.15) is 54.9 Å². The summed E-state index contributed by atoms with van der Waals surface area (Å²) in [7, 11) is 1.59. The van der Waals surface area contributed by atoms with Gasteiger partial charge in [-0.15, -0.1) is 11.3 Å². The Morgan fingerprint density at radius 1 is 1.18 bits per heavy atom. The molecule has 1 aromatic carbocycles. The highest BCUT2D eigenvalue weighted by Gasteiger charge is 2.44. The molecular weight excluding hydrogens is 454 g/mol. The highest BCUT2D eigenvalue weighted by atomic mass is 32.1. The van der Waals surface area contributed by atoms with E-state index in [-0.39, 0.29) is 11.4 Å². The van der Waals surface area contributed by atoms with Crippen LogP contribution in [0.2, 0.25) is 0 Å². The maximum Gasteiger partial charge on any atom is 0.290 e. The second-order valence-corrected chi connectivity index (χ2v) is 9.43. The Morgan fingerprint density at radius 2 is 1.97 bits per heavy atom. The molecule has 184 valence electrons. The number of rotatable bonds is 13. The number of hydrogen-bond acceptors (Lipinski definition) is 7. The quantitative estimate of drug-likeness (QED) is 0.309. The molecule has 0 saturated carbocycles. The summed E-state index contributed by atoms with van der Waals surface area (Å²) < 4.78 is 16.9. The van der Waals surface area contributed by atoms with Gasteiger partial charge >= 0.3 is 0 Å². The highest BCUT2D eigenvalue weighted by molar-refractivity contribution is 7.12. The fraction of sp³-hybridized carbons (Fsp3) is 0.462. The molecule has 0 spiro atoms. The first-order valence-corrected chi connectivity index (χ1v) is 12.5. The molecule has 1 amide bonds. The van der Waals surface area contributed by atoms with E-state index in [2.05, 4.69) is 13.8 Å². The largest absolute Gasteiger partial charge is 0.503 e. The molecule has 34 heavy (non-hydrogen) atoms. The van der Waals surface area contributed by atoms with Gasteiger partial charge in [-0.2, -0.15) is 0 Å². The zero-order valence-electron chi connectivity index (χ0n) is 20.2. The smallest absolute Gasteiger partial charge is 0.290 e. The summed E-state index contributed by atoms with van der Waals surface area (Å²) in [5.74, 6) is 0.254. The van der Waals surface area contributed by atoms with Crippen molar-refractivity contribution in [2.24, 2.45) is 5.92 Å². The van der Waals surface area contributed by atoms with Gasteiger partial charge in [0.1, 0.15) is 0 Å². The van der Waals surface area contributed by atoms with Crippen molar-refractivity contribution in [3.8, 4) is 11.5 Å². The lowest BCUT2D eigenvalue weighted by molar-refractivity contribution is -0.129. The minimum absolute atomic E-state index is 0.0841. The molecular formula is C26H33NO6S. The fourth-order valence-corrected chi connectivity index (χ4v) is 4.55. The lowest BCUT2D eigenvalue weighted by atomic mass is 9.95. The molecule has 0 aliphatic carbocycles. The Morgan fingerprint density at radius 3 is 2.62 bits per heavy atom. The summed E-state index contributed by atoms with van der Waals surface area (Å²) in [6.07, 6.45) is 1.48. The predicted octanol–water partition coefficient (Wildman–Crippen LogP) is 5.19. The first kappa shape index (κ1) is 25.8. The van der Waals surface area contributed by atoms with Crippen LogP contribution in [-0.4, -0.2) is 55.2 Å². The maximum atomic E-state index is 13.3. The number of ether oxygens (including phenoxy) is 3. The third-order valence-electron chi connectivity index (χ3n) is 5.58. The van der Waals surface area contributed by atoms with Crippen molar-refractivity contribution in [1.29, 1.82) is 0 Å². The first-order chi connectivity index (χ1) is 16.4. The average molecular weight is 488 g/mol. The van der Waals surface area contributed by atoms with Gasteiger partial charge in [-0.25, -0.2) is 0 Å². The van der Waals surface area contributed by atoms with Crippen LogP contribution >= 0.6 is 11.3 Å². The van der Waals surface area contributed by atoms with Gasteiger partial charge in [0.15, 0.2) is 17.3 Å². The molecule has 1 unspecified atom stereocenters.